The molecule has 4 nitrogen and oxygen atoms in total. The van der Waals surface area contributed by atoms with E-state index >= 15 is 0 Å². The minimum atomic E-state index is 0.0272. The number of carbonyl (C=O) groups excluding carboxylic acids is 1. The van der Waals surface area contributed by atoms with Gasteiger partial charge >= 0.3 is 0 Å². The van der Waals surface area contributed by atoms with Crippen molar-refractivity contribution < 1.29 is 4.79 Å². The molecule has 0 saturated carbocycles. The molecule has 2 aromatic rings. The van der Waals surface area contributed by atoms with E-state index in [9.17, 15) is 4.79 Å². The molecule has 2 rings (SSSR count). The second-order valence-corrected chi connectivity index (χ2v) is 4.68. The van der Waals surface area contributed by atoms with Crippen molar-refractivity contribution in [1.29, 1.82) is 0 Å². The minimum Gasteiger partial charge on any atom is -0.344 e. The van der Waals surface area contributed by atoms with Gasteiger partial charge in [-0.25, -0.2) is 0 Å². The molecule has 2 aromatic heterocycles. The first kappa shape index (κ1) is 11.7. The molecule has 0 amide bonds. The summed E-state index contributed by atoms with van der Waals surface area (Å²) >= 11 is 1.30. The largest absolute Gasteiger partial charge is 0.344 e. The lowest BCUT2D eigenvalue weighted by atomic mass is 10.2. The number of nitrogens with zero attached hydrogens (tertiary/aromatic N) is 2. The summed E-state index contributed by atoms with van der Waals surface area (Å²) in [4.78, 5) is 15.6. The van der Waals surface area contributed by atoms with Crippen molar-refractivity contribution in [2.75, 3.05) is 5.32 Å². The van der Waals surface area contributed by atoms with Crippen LogP contribution in [0.2, 0.25) is 0 Å². The molecule has 0 spiro atoms. The first-order valence-electron chi connectivity index (χ1n) is 5.24. The predicted octanol–water partition coefficient (Wildman–Crippen LogP) is 3.10. The molecular formula is C12H13N3OS. The second kappa shape index (κ2) is 4.63. The molecule has 2 heterocycles. The zero-order chi connectivity index (χ0) is 12.4. The molecule has 0 saturated heterocycles. The van der Waals surface area contributed by atoms with Crippen molar-refractivity contribution in [2.45, 2.75) is 20.8 Å². The first-order valence-corrected chi connectivity index (χ1v) is 6.01. The van der Waals surface area contributed by atoms with Crippen LogP contribution in [0.25, 0.3) is 0 Å². The minimum absolute atomic E-state index is 0.0272. The Morgan fingerprint density at radius 3 is 2.76 bits per heavy atom. The van der Waals surface area contributed by atoms with Crippen molar-refractivity contribution in [3.05, 3.63) is 35.3 Å². The number of carbonyl (C=O) groups is 1. The van der Waals surface area contributed by atoms with Gasteiger partial charge in [0.1, 0.15) is 5.00 Å². The van der Waals surface area contributed by atoms with Gasteiger partial charge in [-0.2, -0.15) is 4.37 Å². The van der Waals surface area contributed by atoms with E-state index in [2.05, 4.69) is 14.7 Å². The Morgan fingerprint density at radius 2 is 2.12 bits per heavy atom. The van der Waals surface area contributed by atoms with Crippen molar-refractivity contribution in [1.82, 2.24) is 9.36 Å². The summed E-state index contributed by atoms with van der Waals surface area (Å²) < 4.78 is 4.19. The number of rotatable bonds is 3. The lowest BCUT2D eigenvalue weighted by Crippen LogP contribution is -1.99. The molecule has 0 aliphatic heterocycles. The van der Waals surface area contributed by atoms with Crippen molar-refractivity contribution in [3.8, 4) is 0 Å². The number of Topliss-reactive ketones (excluding diaryl/α,β-unsaturated/α-hetero) is 1. The zero-order valence-electron chi connectivity index (χ0n) is 9.94. The lowest BCUT2D eigenvalue weighted by molar-refractivity contribution is 0.101. The van der Waals surface area contributed by atoms with Gasteiger partial charge < -0.3 is 5.32 Å². The van der Waals surface area contributed by atoms with Crippen molar-refractivity contribution in [2.24, 2.45) is 0 Å². The van der Waals surface area contributed by atoms with Gasteiger partial charge in [0.15, 0.2) is 5.78 Å². The van der Waals surface area contributed by atoms with Crippen LogP contribution in [0.3, 0.4) is 0 Å². The molecule has 88 valence electrons. The normalized spacial score (nSPS) is 10.3. The van der Waals surface area contributed by atoms with Crippen LogP contribution in [0.15, 0.2) is 18.5 Å². The van der Waals surface area contributed by atoms with Crippen molar-refractivity contribution >= 4 is 28.0 Å². The Kier molecular flexibility index (Phi) is 3.19. The van der Waals surface area contributed by atoms with E-state index in [-0.39, 0.29) is 5.78 Å². The maximum Gasteiger partial charge on any atom is 0.164 e. The van der Waals surface area contributed by atoms with E-state index in [1.165, 1.54) is 11.5 Å². The summed E-state index contributed by atoms with van der Waals surface area (Å²) in [6, 6.07) is 1.98. The molecule has 0 aliphatic carbocycles. The maximum absolute atomic E-state index is 11.5. The highest BCUT2D eigenvalue weighted by Gasteiger charge is 2.14. The smallest absolute Gasteiger partial charge is 0.164 e. The Bertz CT molecular complexity index is 563. The number of ketones is 1. The number of aryl methyl sites for hydroxylation is 2. The third-order valence-corrected chi connectivity index (χ3v) is 3.20. The number of nitrogens with one attached hydrogen (secondary N) is 1. The van der Waals surface area contributed by atoms with E-state index in [0.717, 1.165) is 21.9 Å². The molecule has 0 unspecified atom stereocenters. The topological polar surface area (TPSA) is 54.9 Å². The molecular weight excluding hydrogens is 234 g/mol. The fourth-order valence-electron chi connectivity index (χ4n) is 1.62. The first-order chi connectivity index (χ1) is 8.08. The summed E-state index contributed by atoms with van der Waals surface area (Å²) in [7, 11) is 0. The highest BCUT2D eigenvalue weighted by Crippen LogP contribution is 2.28. The highest BCUT2D eigenvalue weighted by molar-refractivity contribution is 7.10. The number of hydrogen-bond acceptors (Lipinski definition) is 5. The Morgan fingerprint density at radius 1 is 1.35 bits per heavy atom. The van der Waals surface area contributed by atoms with E-state index < -0.39 is 0 Å². The quantitative estimate of drug-likeness (QED) is 0.847. The van der Waals surface area contributed by atoms with Crippen molar-refractivity contribution in [3.63, 3.8) is 0 Å². The van der Waals surface area contributed by atoms with Gasteiger partial charge in [-0.3, -0.25) is 9.78 Å². The van der Waals surface area contributed by atoms with E-state index in [1.54, 1.807) is 19.3 Å². The van der Waals surface area contributed by atoms with Crippen LogP contribution in [0.5, 0.6) is 0 Å². The van der Waals surface area contributed by atoms with Crippen LogP contribution in [0, 0.1) is 13.8 Å². The fourth-order valence-corrected chi connectivity index (χ4v) is 2.49. The van der Waals surface area contributed by atoms with Crippen LogP contribution in [-0.2, 0) is 0 Å². The Labute approximate surface area is 104 Å². The molecule has 17 heavy (non-hydrogen) atoms. The molecule has 0 aliphatic rings. The summed E-state index contributed by atoms with van der Waals surface area (Å²) in [5.41, 5.74) is 3.37. The number of hydrogen-bond donors (Lipinski definition) is 1. The molecule has 0 atom stereocenters. The van der Waals surface area contributed by atoms with Gasteiger partial charge in [0.05, 0.1) is 23.1 Å². The van der Waals surface area contributed by atoms with Crippen LogP contribution in [0.1, 0.15) is 28.5 Å². The summed E-state index contributed by atoms with van der Waals surface area (Å²) in [6.07, 6.45) is 3.51. The third-order valence-electron chi connectivity index (χ3n) is 2.35. The van der Waals surface area contributed by atoms with Gasteiger partial charge in [0.25, 0.3) is 0 Å². The average molecular weight is 247 g/mol. The highest BCUT2D eigenvalue weighted by atomic mass is 32.1. The monoisotopic (exact) mass is 247 g/mol. The predicted molar refractivity (Wildman–Crippen MR) is 69.1 cm³/mol. The van der Waals surface area contributed by atoms with E-state index in [1.807, 2.05) is 19.9 Å². The summed E-state index contributed by atoms with van der Waals surface area (Å²) in [5, 5.41) is 3.97. The molecule has 0 aromatic carbocycles. The van der Waals surface area contributed by atoms with Crippen LogP contribution < -0.4 is 5.32 Å². The van der Waals surface area contributed by atoms with Gasteiger partial charge in [-0.1, -0.05) is 0 Å². The Balaban J connectivity index is 2.33. The molecule has 0 fully saturated rings. The van der Waals surface area contributed by atoms with Gasteiger partial charge in [-0.15, -0.1) is 0 Å². The molecule has 5 heteroatoms. The number of aromatic nitrogens is 2. The van der Waals surface area contributed by atoms with E-state index in [0.29, 0.717) is 5.56 Å². The Hall–Kier alpha value is -1.75. The van der Waals surface area contributed by atoms with Gasteiger partial charge in [-0.05, 0) is 43.9 Å². The third kappa shape index (κ3) is 2.50. The summed E-state index contributed by atoms with van der Waals surface area (Å²) in [6.45, 7) is 5.37. The molecule has 1 N–H and O–H groups in total. The van der Waals surface area contributed by atoms with Gasteiger partial charge in [0.2, 0.25) is 0 Å². The average Bonchev–Trinajstić information content (AvgIpc) is 2.59. The number of anilines is 2. The van der Waals surface area contributed by atoms with Crippen LogP contribution in [0.4, 0.5) is 10.7 Å². The summed E-state index contributed by atoms with van der Waals surface area (Å²) in [5.74, 6) is 0.0272. The van der Waals surface area contributed by atoms with Crippen LogP contribution >= 0.6 is 11.5 Å². The lowest BCUT2D eigenvalue weighted by Gasteiger charge is -2.05. The standard InChI is InChI=1S/C12H13N3OS/c1-7-4-10(6-13-5-7)14-12-11(9(3)16)8(2)15-17-12/h4-6,14H,1-3H3. The SMILES string of the molecule is CC(=O)c1c(C)nsc1Nc1cncc(C)c1. The van der Waals surface area contributed by atoms with Gasteiger partial charge in [0, 0.05) is 6.20 Å². The van der Waals surface area contributed by atoms with E-state index in [4.69, 9.17) is 0 Å². The molecule has 0 radical (unpaired) electrons. The molecule has 0 bridgehead atoms. The zero-order valence-corrected chi connectivity index (χ0v) is 10.8. The van der Waals surface area contributed by atoms with Crippen LogP contribution in [-0.4, -0.2) is 15.1 Å². The maximum atomic E-state index is 11.5. The number of pyridine rings is 1. The fraction of sp³-hybridized carbons (Fsp3) is 0.250. The second-order valence-electron chi connectivity index (χ2n) is 3.90.